The Kier molecular flexibility index (Phi) is 3.85. The third-order valence-corrected chi connectivity index (χ3v) is 2.84. The molecule has 2 rings (SSSR count). The van der Waals surface area contributed by atoms with Gasteiger partial charge < -0.3 is 15.8 Å². The topological polar surface area (TPSA) is 73.1 Å². The van der Waals surface area contributed by atoms with Crippen molar-refractivity contribution >= 4 is 22.7 Å². The van der Waals surface area contributed by atoms with Crippen LogP contribution in [0.15, 0.2) is 24.3 Å². The lowest BCUT2D eigenvalue weighted by Gasteiger charge is -2.25. The molecule has 0 bridgehead atoms. The maximum atomic E-state index is 5.73. The quantitative estimate of drug-likeness (QED) is 0.863. The summed E-state index contributed by atoms with van der Waals surface area (Å²) in [6, 6.07) is 7.79. The molecule has 1 aromatic heterocycles. The first-order chi connectivity index (χ1) is 9.02. The molecule has 0 aliphatic carbocycles. The molecule has 5 nitrogen and oxygen atoms in total. The van der Waals surface area contributed by atoms with E-state index in [2.05, 4.69) is 15.3 Å². The fourth-order valence-corrected chi connectivity index (χ4v) is 1.97. The number of nitrogens with zero attached hydrogens (tertiary/aromatic N) is 2. The van der Waals surface area contributed by atoms with Gasteiger partial charge in [0.15, 0.2) is 0 Å². The number of aromatic nitrogens is 2. The van der Waals surface area contributed by atoms with Gasteiger partial charge in [-0.3, -0.25) is 0 Å². The van der Waals surface area contributed by atoms with Crippen molar-refractivity contribution in [3.63, 3.8) is 0 Å². The number of ether oxygens (including phenoxy) is 1. The van der Waals surface area contributed by atoms with E-state index in [1.54, 1.807) is 0 Å². The number of para-hydroxylation sites is 1. The molecule has 3 N–H and O–H groups in total. The van der Waals surface area contributed by atoms with Crippen molar-refractivity contribution in [3.8, 4) is 0 Å². The van der Waals surface area contributed by atoms with E-state index in [1.807, 2.05) is 45.0 Å². The van der Waals surface area contributed by atoms with E-state index < -0.39 is 0 Å². The third-order valence-electron chi connectivity index (χ3n) is 2.84. The molecular weight excluding hydrogens is 240 g/mol. The first kappa shape index (κ1) is 13.5. The van der Waals surface area contributed by atoms with Crippen molar-refractivity contribution in [3.05, 3.63) is 24.3 Å². The zero-order valence-corrected chi connectivity index (χ0v) is 11.6. The Morgan fingerprint density at radius 3 is 2.74 bits per heavy atom. The molecule has 0 fully saturated rings. The fraction of sp³-hybridized carbons (Fsp3) is 0.429. The van der Waals surface area contributed by atoms with Crippen LogP contribution >= 0.6 is 0 Å². The summed E-state index contributed by atoms with van der Waals surface area (Å²) >= 11 is 0. The standard InChI is InChI=1S/C14H20N4O/c1-4-19-14(2,3)9-16-12-10-7-5-6-8-11(10)17-13(15)18-12/h5-8H,4,9H2,1-3H3,(H3,15,16,17,18). The monoisotopic (exact) mass is 260 g/mol. The van der Waals surface area contributed by atoms with Crippen LogP contribution in [-0.2, 0) is 4.74 Å². The molecule has 1 aromatic carbocycles. The first-order valence-electron chi connectivity index (χ1n) is 6.42. The van der Waals surface area contributed by atoms with E-state index in [0.29, 0.717) is 13.2 Å². The fourth-order valence-electron chi connectivity index (χ4n) is 1.97. The molecule has 0 radical (unpaired) electrons. The van der Waals surface area contributed by atoms with Crippen LogP contribution in [0.4, 0.5) is 11.8 Å². The minimum atomic E-state index is -0.254. The summed E-state index contributed by atoms with van der Waals surface area (Å²) in [5, 5.41) is 4.26. The van der Waals surface area contributed by atoms with Crippen LogP contribution in [0.2, 0.25) is 0 Å². The SMILES string of the molecule is CCOC(C)(C)CNc1nc(N)nc2ccccc12. The maximum Gasteiger partial charge on any atom is 0.222 e. The summed E-state index contributed by atoms with van der Waals surface area (Å²) < 4.78 is 5.66. The molecule has 0 amide bonds. The van der Waals surface area contributed by atoms with Gasteiger partial charge in [-0.25, -0.2) is 4.98 Å². The number of nitrogens with one attached hydrogen (secondary N) is 1. The van der Waals surface area contributed by atoms with Gasteiger partial charge in [-0.2, -0.15) is 4.98 Å². The molecule has 0 aliphatic rings. The number of nitrogens with two attached hydrogens (primary N) is 1. The number of nitrogen functional groups attached to an aromatic ring is 1. The average Bonchev–Trinajstić information content (AvgIpc) is 2.36. The molecule has 102 valence electrons. The van der Waals surface area contributed by atoms with Gasteiger partial charge in [-0.05, 0) is 32.9 Å². The number of benzene rings is 1. The zero-order valence-electron chi connectivity index (χ0n) is 11.6. The van der Waals surface area contributed by atoms with Crippen LogP contribution in [0.25, 0.3) is 10.9 Å². The Morgan fingerprint density at radius 2 is 2.00 bits per heavy atom. The van der Waals surface area contributed by atoms with Gasteiger partial charge in [0.1, 0.15) is 5.82 Å². The average molecular weight is 260 g/mol. The summed E-state index contributed by atoms with van der Waals surface area (Å²) in [7, 11) is 0. The van der Waals surface area contributed by atoms with Gasteiger partial charge in [0, 0.05) is 18.5 Å². The Labute approximate surface area is 113 Å². The van der Waals surface area contributed by atoms with Gasteiger partial charge in [0.2, 0.25) is 5.95 Å². The highest BCUT2D eigenvalue weighted by Crippen LogP contribution is 2.21. The van der Waals surface area contributed by atoms with Crippen molar-refractivity contribution < 1.29 is 4.74 Å². The molecule has 5 heteroatoms. The Balaban J connectivity index is 2.25. The number of anilines is 2. The predicted octanol–water partition coefficient (Wildman–Crippen LogP) is 2.44. The third kappa shape index (κ3) is 3.32. The van der Waals surface area contributed by atoms with Crippen LogP contribution in [0.1, 0.15) is 20.8 Å². The van der Waals surface area contributed by atoms with E-state index in [4.69, 9.17) is 10.5 Å². The zero-order chi connectivity index (χ0) is 13.9. The number of rotatable bonds is 5. The Hall–Kier alpha value is -1.88. The Morgan fingerprint density at radius 1 is 1.26 bits per heavy atom. The lowest BCUT2D eigenvalue weighted by molar-refractivity contribution is 0.000664. The highest BCUT2D eigenvalue weighted by atomic mass is 16.5. The van der Waals surface area contributed by atoms with Gasteiger partial charge in [-0.15, -0.1) is 0 Å². The molecule has 0 aliphatic heterocycles. The summed E-state index contributed by atoms with van der Waals surface area (Å²) in [5.74, 6) is 1.02. The lowest BCUT2D eigenvalue weighted by atomic mass is 10.1. The summed E-state index contributed by atoms with van der Waals surface area (Å²) in [6.07, 6.45) is 0. The summed E-state index contributed by atoms with van der Waals surface area (Å²) in [5.41, 5.74) is 6.31. The maximum absolute atomic E-state index is 5.73. The highest BCUT2D eigenvalue weighted by molar-refractivity contribution is 5.89. The first-order valence-corrected chi connectivity index (χ1v) is 6.42. The number of fused-ring (bicyclic) bond motifs is 1. The molecular formula is C14H20N4O. The van der Waals surface area contributed by atoms with Crippen LogP contribution in [0.5, 0.6) is 0 Å². The summed E-state index contributed by atoms with van der Waals surface area (Å²) in [6.45, 7) is 7.40. The second-order valence-corrected chi connectivity index (χ2v) is 4.99. The van der Waals surface area contributed by atoms with Gasteiger partial charge in [0.25, 0.3) is 0 Å². The smallest absolute Gasteiger partial charge is 0.222 e. The lowest BCUT2D eigenvalue weighted by Crippen LogP contribution is -2.33. The van der Waals surface area contributed by atoms with Crippen LogP contribution in [0, 0.1) is 0 Å². The van der Waals surface area contributed by atoms with Crippen LogP contribution in [0.3, 0.4) is 0 Å². The number of hydrogen-bond acceptors (Lipinski definition) is 5. The van der Waals surface area contributed by atoms with Crippen LogP contribution in [-0.4, -0.2) is 28.7 Å². The van der Waals surface area contributed by atoms with E-state index >= 15 is 0 Å². The number of hydrogen-bond donors (Lipinski definition) is 2. The second kappa shape index (κ2) is 5.40. The van der Waals surface area contributed by atoms with Gasteiger partial charge in [-0.1, -0.05) is 12.1 Å². The predicted molar refractivity (Wildman–Crippen MR) is 78.1 cm³/mol. The molecule has 0 atom stereocenters. The van der Waals surface area contributed by atoms with Crippen molar-refractivity contribution in [1.82, 2.24) is 9.97 Å². The molecule has 1 heterocycles. The molecule has 2 aromatic rings. The van der Waals surface area contributed by atoms with E-state index in [-0.39, 0.29) is 11.5 Å². The van der Waals surface area contributed by atoms with Crippen molar-refractivity contribution in [2.45, 2.75) is 26.4 Å². The van der Waals surface area contributed by atoms with E-state index in [9.17, 15) is 0 Å². The van der Waals surface area contributed by atoms with Crippen LogP contribution < -0.4 is 11.1 Å². The second-order valence-electron chi connectivity index (χ2n) is 4.99. The highest BCUT2D eigenvalue weighted by Gasteiger charge is 2.18. The van der Waals surface area contributed by atoms with Crippen molar-refractivity contribution in [2.24, 2.45) is 0 Å². The molecule has 19 heavy (non-hydrogen) atoms. The van der Waals surface area contributed by atoms with Crippen molar-refractivity contribution in [2.75, 3.05) is 24.2 Å². The molecule has 0 unspecified atom stereocenters. The Bertz CT molecular complexity index is 568. The molecule has 0 saturated carbocycles. The van der Waals surface area contributed by atoms with Gasteiger partial charge in [0.05, 0.1) is 11.1 Å². The minimum Gasteiger partial charge on any atom is -0.374 e. The molecule has 0 saturated heterocycles. The largest absolute Gasteiger partial charge is 0.374 e. The summed E-state index contributed by atoms with van der Waals surface area (Å²) in [4.78, 5) is 8.48. The van der Waals surface area contributed by atoms with Gasteiger partial charge >= 0.3 is 0 Å². The van der Waals surface area contributed by atoms with E-state index in [0.717, 1.165) is 16.7 Å². The van der Waals surface area contributed by atoms with Crippen molar-refractivity contribution in [1.29, 1.82) is 0 Å². The minimum absolute atomic E-state index is 0.254. The normalized spacial score (nSPS) is 11.7. The van der Waals surface area contributed by atoms with E-state index in [1.165, 1.54) is 0 Å². The molecule has 0 spiro atoms.